The van der Waals surface area contributed by atoms with Gasteiger partial charge in [-0.15, -0.1) is 0 Å². The molecule has 292 valence electrons. The molecule has 0 amide bonds. The molecule has 1 N–H and O–H groups in total. The van der Waals surface area contributed by atoms with Crippen molar-refractivity contribution in [3.8, 4) is 0 Å². The number of hydrogen-bond acceptors (Lipinski definition) is 3. The van der Waals surface area contributed by atoms with Gasteiger partial charge in [-0.25, -0.2) is 4.79 Å². The fraction of sp³-hybridized carbons (Fsp3) is 0.848. The van der Waals surface area contributed by atoms with E-state index >= 15 is 0 Å². The Morgan fingerprint density at radius 1 is 0.460 bits per heavy atom. The van der Waals surface area contributed by atoms with Gasteiger partial charge in [-0.1, -0.05) is 225 Å². The van der Waals surface area contributed by atoms with Crippen molar-refractivity contribution in [2.24, 2.45) is 0 Å². The highest BCUT2D eigenvalue weighted by Gasteiger charge is 2.30. The van der Waals surface area contributed by atoms with Crippen molar-refractivity contribution in [2.45, 2.75) is 238 Å². The maximum Gasteiger partial charge on any atom is 0.338 e. The van der Waals surface area contributed by atoms with Crippen LogP contribution in [-0.4, -0.2) is 27.2 Å². The minimum absolute atomic E-state index is 0.244. The van der Waals surface area contributed by atoms with Crippen LogP contribution in [0.4, 0.5) is 5.69 Å². The number of anilines is 1. The van der Waals surface area contributed by atoms with Crippen molar-refractivity contribution < 1.29 is 9.53 Å². The smallest absolute Gasteiger partial charge is 0.338 e. The van der Waals surface area contributed by atoms with Gasteiger partial charge in [-0.05, 0) is 37.6 Å². The molecule has 0 aliphatic rings. The van der Waals surface area contributed by atoms with E-state index in [2.05, 4.69) is 26.1 Å². The number of nitrogens with one attached hydrogen (secondary N) is 1. The summed E-state index contributed by atoms with van der Waals surface area (Å²) in [6.07, 6.45) is 41.9. The van der Waals surface area contributed by atoms with Gasteiger partial charge >= 0.3 is 5.97 Å². The molecule has 0 bridgehead atoms. The summed E-state index contributed by atoms with van der Waals surface area (Å²) >= 11 is 0. The quantitative estimate of drug-likeness (QED) is 0.0421. The van der Waals surface area contributed by atoms with E-state index in [0.29, 0.717) is 12.2 Å². The van der Waals surface area contributed by atoms with Crippen LogP contribution in [0.1, 0.15) is 224 Å². The Kier molecular flexibility index (Phi) is 32.5. The van der Waals surface area contributed by atoms with E-state index in [0.717, 1.165) is 12.2 Å². The average molecular weight is 714 g/mol. The summed E-state index contributed by atoms with van der Waals surface area (Å²) in [4.78, 5) is 11.8. The van der Waals surface area contributed by atoms with Crippen LogP contribution >= 0.6 is 0 Å². The molecular weight excluding hydrogens is 627 g/mol. The molecule has 0 saturated carbocycles. The molecule has 0 unspecified atom stereocenters. The van der Waals surface area contributed by atoms with Crippen molar-refractivity contribution >= 4 is 19.7 Å². The molecule has 0 aliphatic heterocycles. The van der Waals surface area contributed by atoms with E-state index in [1.165, 1.54) is 161 Å². The predicted molar refractivity (Wildman–Crippen MR) is 227 cm³/mol. The Morgan fingerprint density at radius 3 is 1.12 bits per heavy atom. The lowest BCUT2D eigenvalue weighted by molar-refractivity contribution is 0.0526. The van der Waals surface area contributed by atoms with Crippen LogP contribution in [-0.2, 0) is 4.74 Å². The van der Waals surface area contributed by atoms with Crippen LogP contribution in [0.2, 0.25) is 24.2 Å². The van der Waals surface area contributed by atoms with E-state index in [-0.39, 0.29) is 5.97 Å². The van der Waals surface area contributed by atoms with Gasteiger partial charge < -0.3 is 10.1 Å². The van der Waals surface area contributed by atoms with Crippen molar-refractivity contribution in [2.75, 3.05) is 18.5 Å². The van der Waals surface area contributed by atoms with Gasteiger partial charge in [0.1, 0.15) is 0 Å². The topological polar surface area (TPSA) is 38.3 Å². The predicted octanol–water partition coefficient (Wildman–Crippen LogP) is 16.1. The lowest BCUT2D eigenvalue weighted by Gasteiger charge is -2.33. The van der Waals surface area contributed by atoms with Gasteiger partial charge in [0.25, 0.3) is 0 Å². The van der Waals surface area contributed by atoms with Gasteiger partial charge in [-0.3, -0.25) is 0 Å². The fourth-order valence-corrected chi connectivity index (χ4v) is 13.5. The zero-order valence-electron chi connectivity index (χ0n) is 34.4. The van der Waals surface area contributed by atoms with Crippen molar-refractivity contribution in [3.05, 3.63) is 29.8 Å². The molecule has 0 aromatic heterocycles. The molecule has 0 atom stereocenters. The Labute approximate surface area is 314 Å². The van der Waals surface area contributed by atoms with E-state index in [9.17, 15) is 4.79 Å². The summed E-state index contributed by atoms with van der Waals surface area (Å²) in [6.45, 7) is 10.4. The van der Waals surface area contributed by atoms with Gasteiger partial charge in [0, 0.05) is 12.2 Å². The van der Waals surface area contributed by atoms with E-state index in [1.54, 1.807) is 49.9 Å². The maximum absolute atomic E-state index is 11.8. The Balaban J connectivity index is 2.03. The van der Waals surface area contributed by atoms with Gasteiger partial charge in [0.2, 0.25) is 0 Å². The molecule has 0 spiro atoms. The highest BCUT2D eigenvalue weighted by molar-refractivity contribution is 6.79. The number of esters is 1. The van der Waals surface area contributed by atoms with Crippen LogP contribution in [0.15, 0.2) is 24.3 Å². The highest BCUT2D eigenvalue weighted by atomic mass is 28.3. The normalized spacial score (nSPS) is 11.7. The van der Waals surface area contributed by atoms with Crippen LogP contribution < -0.4 is 5.32 Å². The molecule has 0 aliphatic carbocycles. The Bertz CT molecular complexity index is 825. The molecule has 4 heteroatoms. The minimum Gasteiger partial charge on any atom is -0.462 e. The third-order valence-electron chi connectivity index (χ3n) is 11.3. The van der Waals surface area contributed by atoms with Crippen molar-refractivity contribution in [1.82, 2.24) is 0 Å². The molecule has 1 aromatic carbocycles. The molecule has 0 radical (unpaired) electrons. The second kappa shape index (κ2) is 34.8. The highest BCUT2D eigenvalue weighted by Crippen LogP contribution is 2.35. The lowest BCUT2D eigenvalue weighted by Crippen LogP contribution is -2.34. The average Bonchev–Trinajstić information content (AvgIpc) is 3.13. The molecule has 0 saturated heterocycles. The first kappa shape index (κ1) is 46.7. The number of carbonyl (C=O) groups is 1. The zero-order valence-corrected chi connectivity index (χ0v) is 35.4. The molecule has 50 heavy (non-hydrogen) atoms. The monoisotopic (exact) mass is 714 g/mol. The number of hydrogen-bond donors (Lipinski definition) is 1. The molecule has 0 heterocycles. The number of benzene rings is 1. The number of ether oxygens (including phenoxy) is 1. The SMILES string of the molecule is CCCCCC[Si](CCCCCC)(CCCCCC)CCCCCCCCCCCCCCCCCCCNc1ccc(C(=O)OCC)cc1. The van der Waals surface area contributed by atoms with E-state index in [1.807, 2.05) is 31.2 Å². The van der Waals surface area contributed by atoms with Gasteiger partial charge in [0.15, 0.2) is 0 Å². The first-order valence-corrected chi connectivity index (χ1v) is 25.4. The van der Waals surface area contributed by atoms with Crippen LogP contribution in [0.3, 0.4) is 0 Å². The number of rotatable bonds is 38. The van der Waals surface area contributed by atoms with Gasteiger partial charge in [-0.2, -0.15) is 0 Å². The molecular formula is C46H87NO2Si. The number of unbranched alkanes of at least 4 members (excludes halogenated alkanes) is 25. The van der Waals surface area contributed by atoms with Crippen LogP contribution in [0.5, 0.6) is 0 Å². The zero-order chi connectivity index (χ0) is 36.2. The minimum atomic E-state index is -1.09. The standard InChI is InChI=1S/C46H87NO2Si/c1-5-9-12-31-40-50(41-32-13-10-6-2,42-33-14-11-7-3)43-34-29-27-25-23-21-19-17-15-16-18-20-22-24-26-28-30-39-47-45-37-35-44(36-38-45)46(48)49-8-4/h35-38,47H,5-34,39-43H2,1-4H3. The summed E-state index contributed by atoms with van der Waals surface area (Å²) in [6, 6.07) is 14.3. The summed E-state index contributed by atoms with van der Waals surface area (Å²) in [5, 5.41) is 3.48. The summed E-state index contributed by atoms with van der Waals surface area (Å²) < 4.78 is 5.05. The molecule has 1 aromatic rings. The molecule has 3 nitrogen and oxygen atoms in total. The van der Waals surface area contributed by atoms with Crippen LogP contribution in [0, 0.1) is 0 Å². The molecule has 0 fully saturated rings. The summed E-state index contributed by atoms with van der Waals surface area (Å²) in [7, 11) is -1.09. The second-order valence-electron chi connectivity index (χ2n) is 15.9. The fourth-order valence-electron chi connectivity index (χ4n) is 7.98. The third kappa shape index (κ3) is 26.5. The van der Waals surface area contributed by atoms with Gasteiger partial charge in [0.05, 0.1) is 20.2 Å². The first-order valence-electron chi connectivity index (χ1n) is 22.6. The maximum atomic E-state index is 11.8. The van der Waals surface area contributed by atoms with Crippen LogP contribution in [0.25, 0.3) is 0 Å². The first-order chi connectivity index (χ1) is 24.6. The van der Waals surface area contributed by atoms with E-state index < -0.39 is 8.07 Å². The Morgan fingerprint density at radius 2 is 0.780 bits per heavy atom. The van der Waals surface area contributed by atoms with Crippen molar-refractivity contribution in [3.63, 3.8) is 0 Å². The lowest BCUT2D eigenvalue weighted by atomic mass is 10.0. The van der Waals surface area contributed by atoms with Crippen molar-refractivity contribution in [1.29, 1.82) is 0 Å². The molecule has 1 rings (SSSR count). The summed E-state index contributed by atoms with van der Waals surface area (Å²) in [5.41, 5.74) is 1.70. The summed E-state index contributed by atoms with van der Waals surface area (Å²) in [5.74, 6) is -0.244. The second-order valence-corrected chi connectivity index (χ2v) is 20.9. The number of carbonyl (C=O) groups excluding carboxylic acids is 1. The largest absolute Gasteiger partial charge is 0.462 e. The Hall–Kier alpha value is -1.29. The van der Waals surface area contributed by atoms with E-state index in [4.69, 9.17) is 4.74 Å². The third-order valence-corrected chi connectivity index (χ3v) is 16.9.